The Balaban J connectivity index is 2.27. The van der Waals surface area contributed by atoms with Crippen molar-refractivity contribution in [1.29, 1.82) is 0 Å². The van der Waals surface area contributed by atoms with Gasteiger partial charge in [-0.3, -0.25) is 10.1 Å². The summed E-state index contributed by atoms with van der Waals surface area (Å²) in [5.41, 5.74) is 1.18. The van der Waals surface area contributed by atoms with Crippen molar-refractivity contribution in [3.05, 3.63) is 33.9 Å². The first kappa shape index (κ1) is 13.8. The van der Waals surface area contributed by atoms with Crippen LogP contribution in [-0.4, -0.2) is 22.2 Å². The van der Waals surface area contributed by atoms with E-state index in [1.54, 1.807) is 13.0 Å². The molecule has 5 heteroatoms. The van der Waals surface area contributed by atoms with Crippen molar-refractivity contribution in [2.24, 2.45) is 0 Å². The van der Waals surface area contributed by atoms with E-state index in [1.165, 1.54) is 12.5 Å². The van der Waals surface area contributed by atoms with Crippen molar-refractivity contribution in [3.8, 4) is 0 Å². The SMILES string of the molecule is Cc1c(NC2(CO)CCCCC2)cccc1[N+](=O)[O-]. The number of hydrogen-bond donors (Lipinski definition) is 2. The molecule has 2 rings (SSSR count). The molecule has 0 atom stereocenters. The van der Waals surface area contributed by atoms with Crippen LogP contribution in [0.15, 0.2) is 18.2 Å². The second-order valence-electron chi connectivity index (χ2n) is 5.33. The zero-order valence-corrected chi connectivity index (χ0v) is 11.2. The molecule has 19 heavy (non-hydrogen) atoms. The zero-order chi connectivity index (χ0) is 13.9. The van der Waals surface area contributed by atoms with Crippen molar-refractivity contribution in [2.75, 3.05) is 11.9 Å². The zero-order valence-electron chi connectivity index (χ0n) is 11.2. The number of aliphatic hydroxyl groups excluding tert-OH is 1. The minimum absolute atomic E-state index is 0.0646. The summed E-state index contributed by atoms with van der Waals surface area (Å²) in [4.78, 5) is 10.6. The van der Waals surface area contributed by atoms with Crippen LogP contribution in [0.1, 0.15) is 37.7 Å². The van der Waals surface area contributed by atoms with Gasteiger partial charge in [-0.05, 0) is 25.8 Å². The average molecular weight is 264 g/mol. The molecule has 1 aliphatic carbocycles. The molecule has 1 aromatic rings. The Morgan fingerprint density at radius 1 is 1.37 bits per heavy atom. The van der Waals surface area contributed by atoms with E-state index in [2.05, 4.69) is 5.32 Å². The summed E-state index contributed by atoms with van der Waals surface area (Å²) in [7, 11) is 0. The molecule has 104 valence electrons. The van der Waals surface area contributed by atoms with Gasteiger partial charge in [0.25, 0.3) is 5.69 Å². The fraction of sp³-hybridized carbons (Fsp3) is 0.571. The quantitative estimate of drug-likeness (QED) is 0.647. The van der Waals surface area contributed by atoms with Crippen LogP contribution >= 0.6 is 0 Å². The molecular weight excluding hydrogens is 244 g/mol. The smallest absolute Gasteiger partial charge is 0.274 e. The second-order valence-corrected chi connectivity index (χ2v) is 5.33. The number of rotatable bonds is 4. The Morgan fingerprint density at radius 3 is 2.63 bits per heavy atom. The van der Waals surface area contributed by atoms with Crippen LogP contribution in [-0.2, 0) is 0 Å². The Morgan fingerprint density at radius 2 is 2.05 bits per heavy atom. The highest BCUT2D eigenvalue weighted by atomic mass is 16.6. The lowest BCUT2D eigenvalue weighted by molar-refractivity contribution is -0.385. The van der Waals surface area contributed by atoms with Crippen LogP contribution in [0.25, 0.3) is 0 Å². The van der Waals surface area contributed by atoms with Gasteiger partial charge in [0.2, 0.25) is 0 Å². The molecule has 0 radical (unpaired) electrons. The van der Waals surface area contributed by atoms with Gasteiger partial charge in [0, 0.05) is 17.3 Å². The summed E-state index contributed by atoms with van der Waals surface area (Å²) in [6.07, 6.45) is 5.18. The van der Waals surface area contributed by atoms with Crippen LogP contribution < -0.4 is 5.32 Å². The molecule has 2 N–H and O–H groups in total. The van der Waals surface area contributed by atoms with Crippen LogP contribution in [0, 0.1) is 17.0 Å². The number of nitrogens with one attached hydrogen (secondary N) is 1. The Hall–Kier alpha value is -1.62. The predicted molar refractivity (Wildman–Crippen MR) is 74.4 cm³/mol. The van der Waals surface area contributed by atoms with Gasteiger partial charge < -0.3 is 10.4 Å². The molecule has 1 fully saturated rings. The van der Waals surface area contributed by atoms with Gasteiger partial charge in [0.1, 0.15) is 0 Å². The van der Waals surface area contributed by atoms with Gasteiger partial charge in [-0.1, -0.05) is 25.3 Å². The normalized spacial score (nSPS) is 18.0. The highest BCUT2D eigenvalue weighted by Crippen LogP contribution is 2.34. The summed E-state index contributed by atoms with van der Waals surface area (Å²) in [6.45, 7) is 1.81. The van der Waals surface area contributed by atoms with E-state index >= 15 is 0 Å². The maximum atomic E-state index is 10.9. The van der Waals surface area contributed by atoms with E-state index in [0.29, 0.717) is 5.56 Å². The van der Waals surface area contributed by atoms with Gasteiger partial charge in [-0.15, -0.1) is 0 Å². The highest BCUT2D eigenvalue weighted by Gasteiger charge is 2.32. The maximum Gasteiger partial charge on any atom is 0.274 e. The van der Waals surface area contributed by atoms with Crippen LogP contribution in [0.3, 0.4) is 0 Å². The third kappa shape index (κ3) is 2.87. The molecule has 0 bridgehead atoms. The summed E-state index contributed by atoms with van der Waals surface area (Å²) in [5, 5.41) is 24.0. The minimum Gasteiger partial charge on any atom is -0.394 e. The van der Waals surface area contributed by atoms with Crippen molar-refractivity contribution in [1.82, 2.24) is 0 Å². The number of anilines is 1. The molecule has 0 amide bonds. The summed E-state index contributed by atoms with van der Waals surface area (Å²) >= 11 is 0. The van der Waals surface area contributed by atoms with Gasteiger partial charge in [0.15, 0.2) is 0 Å². The third-order valence-electron chi connectivity index (χ3n) is 4.02. The number of nitro benzene ring substituents is 1. The molecular formula is C14H20N2O3. The standard InChI is InChI=1S/C14H20N2O3/c1-11-12(6-5-7-13(11)16(18)19)15-14(10-17)8-3-2-4-9-14/h5-7,15,17H,2-4,8-10H2,1H3. The fourth-order valence-corrected chi connectivity index (χ4v) is 2.79. The lowest BCUT2D eigenvalue weighted by atomic mass is 9.82. The lowest BCUT2D eigenvalue weighted by Gasteiger charge is -2.37. The van der Waals surface area contributed by atoms with Crippen molar-refractivity contribution in [2.45, 2.75) is 44.6 Å². The largest absolute Gasteiger partial charge is 0.394 e. The summed E-state index contributed by atoms with van der Waals surface area (Å²) in [5.74, 6) is 0. The topological polar surface area (TPSA) is 75.4 Å². The molecule has 1 saturated carbocycles. The number of nitrogens with zero attached hydrogens (tertiary/aromatic N) is 1. The molecule has 5 nitrogen and oxygen atoms in total. The summed E-state index contributed by atoms with van der Waals surface area (Å²) < 4.78 is 0. The molecule has 0 saturated heterocycles. The van der Waals surface area contributed by atoms with Gasteiger partial charge >= 0.3 is 0 Å². The van der Waals surface area contributed by atoms with Crippen LogP contribution in [0.4, 0.5) is 11.4 Å². The van der Waals surface area contributed by atoms with Crippen molar-refractivity contribution >= 4 is 11.4 Å². The molecule has 1 aromatic carbocycles. The van der Waals surface area contributed by atoms with E-state index in [1.807, 2.05) is 6.07 Å². The molecule has 0 unspecified atom stereocenters. The Labute approximate surface area is 112 Å². The second kappa shape index (κ2) is 5.57. The lowest BCUT2D eigenvalue weighted by Crippen LogP contribution is -2.44. The van der Waals surface area contributed by atoms with Gasteiger partial charge in [0.05, 0.1) is 17.1 Å². The molecule has 0 aromatic heterocycles. The van der Waals surface area contributed by atoms with Crippen molar-refractivity contribution in [3.63, 3.8) is 0 Å². The van der Waals surface area contributed by atoms with E-state index in [4.69, 9.17) is 0 Å². The predicted octanol–water partition coefficient (Wildman–Crippen LogP) is 3.01. The maximum absolute atomic E-state index is 10.9. The summed E-state index contributed by atoms with van der Waals surface area (Å²) in [6, 6.07) is 5.03. The monoisotopic (exact) mass is 264 g/mol. The Kier molecular flexibility index (Phi) is 4.04. The van der Waals surface area contributed by atoms with Gasteiger partial charge in [-0.2, -0.15) is 0 Å². The van der Waals surface area contributed by atoms with E-state index in [9.17, 15) is 15.2 Å². The highest BCUT2D eigenvalue weighted by molar-refractivity contribution is 5.61. The van der Waals surface area contributed by atoms with E-state index in [-0.39, 0.29) is 22.8 Å². The minimum atomic E-state index is -0.368. The first-order chi connectivity index (χ1) is 9.08. The van der Waals surface area contributed by atoms with E-state index < -0.39 is 0 Å². The molecule has 1 aliphatic rings. The number of nitro groups is 1. The molecule has 0 spiro atoms. The number of hydrogen-bond acceptors (Lipinski definition) is 4. The number of aliphatic hydroxyl groups is 1. The fourth-order valence-electron chi connectivity index (χ4n) is 2.79. The average Bonchev–Trinajstić information content (AvgIpc) is 2.42. The van der Waals surface area contributed by atoms with Crippen LogP contribution in [0.5, 0.6) is 0 Å². The van der Waals surface area contributed by atoms with Crippen LogP contribution in [0.2, 0.25) is 0 Å². The van der Waals surface area contributed by atoms with Gasteiger partial charge in [-0.25, -0.2) is 0 Å². The molecule has 0 heterocycles. The third-order valence-corrected chi connectivity index (χ3v) is 4.02. The first-order valence-electron chi connectivity index (χ1n) is 6.71. The Bertz CT molecular complexity index is 468. The molecule has 0 aliphatic heterocycles. The van der Waals surface area contributed by atoms with E-state index in [0.717, 1.165) is 31.4 Å². The first-order valence-corrected chi connectivity index (χ1v) is 6.71. The number of benzene rings is 1. The van der Waals surface area contributed by atoms with Crippen molar-refractivity contribution < 1.29 is 10.0 Å².